The number of carbonyl (C=O) groups is 1. The summed E-state index contributed by atoms with van der Waals surface area (Å²) in [6.45, 7) is 7.13. The van der Waals surface area contributed by atoms with E-state index >= 15 is 0 Å². The van der Waals surface area contributed by atoms with Crippen LogP contribution in [0.1, 0.15) is 33.0 Å². The number of anilines is 1. The first kappa shape index (κ1) is 15.8. The van der Waals surface area contributed by atoms with Crippen LogP contribution < -0.4 is 5.32 Å². The van der Waals surface area contributed by atoms with Gasteiger partial charge in [-0.1, -0.05) is 18.7 Å². The smallest absolute Gasteiger partial charge is 0.316 e. The summed E-state index contributed by atoms with van der Waals surface area (Å²) in [5.74, 6) is 1.69. The molecule has 0 unspecified atom stereocenters. The highest BCUT2D eigenvalue weighted by molar-refractivity contribution is 7.99. The molecule has 0 fully saturated rings. The lowest BCUT2D eigenvalue weighted by Crippen LogP contribution is -2.08. The van der Waals surface area contributed by atoms with E-state index in [1.165, 1.54) is 11.8 Å². The summed E-state index contributed by atoms with van der Waals surface area (Å²) in [5.41, 5.74) is 0. The maximum absolute atomic E-state index is 11.3. The zero-order chi connectivity index (χ0) is 14.1. The fourth-order valence-electron chi connectivity index (χ4n) is 1.49. The molecule has 0 radical (unpaired) electrons. The molecule has 19 heavy (non-hydrogen) atoms. The Kier molecular flexibility index (Phi) is 7.25. The average Bonchev–Trinajstić information content (AvgIpc) is 2.37. The van der Waals surface area contributed by atoms with E-state index in [4.69, 9.17) is 4.74 Å². The van der Waals surface area contributed by atoms with E-state index in [0.717, 1.165) is 36.1 Å². The summed E-state index contributed by atoms with van der Waals surface area (Å²) in [4.78, 5) is 20.2. The third-order valence-electron chi connectivity index (χ3n) is 2.22. The molecule has 1 aromatic heterocycles. The number of rotatable bonds is 8. The molecule has 1 aromatic rings. The van der Waals surface area contributed by atoms with Crippen LogP contribution in [0, 0.1) is 0 Å². The van der Waals surface area contributed by atoms with Gasteiger partial charge in [0.05, 0.1) is 12.4 Å². The minimum Gasteiger partial charge on any atom is -0.465 e. The van der Waals surface area contributed by atoms with Gasteiger partial charge in [-0.2, -0.15) is 0 Å². The van der Waals surface area contributed by atoms with Crippen molar-refractivity contribution in [1.29, 1.82) is 0 Å². The van der Waals surface area contributed by atoms with Crippen LogP contribution in [-0.2, 0) is 16.0 Å². The molecule has 0 aromatic carbocycles. The number of nitrogens with one attached hydrogen (secondary N) is 1. The molecule has 0 bridgehead atoms. The van der Waals surface area contributed by atoms with Crippen molar-refractivity contribution in [1.82, 2.24) is 9.97 Å². The number of ether oxygens (including phenoxy) is 1. The lowest BCUT2D eigenvalue weighted by Gasteiger charge is -2.08. The van der Waals surface area contributed by atoms with Crippen molar-refractivity contribution < 1.29 is 9.53 Å². The van der Waals surface area contributed by atoms with Gasteiger partial charge in [-0.05, 0) is 20.3 Å². The van der Waals surface area contributed by atoms with Gasteiger partial charge in [0.2, 0.25) is 0 Å². The van der Waals surface area contributed by atoms with Crippen molar-refractivity contribution in [2.45, 2.75) is 38.6 Å². The Morgan fingerprint density at radius 2 is 2.16 bits per heavy atom. The Labute approximate surface area is 118 Å². The Morgan fingerprint density at radius 1 is 1.37 bits per heavy atom. The predicted molar refractivity (Wildman–Crippen MR) is 77.5 cm³/mol. The van der Waals surface area contributed by atoms with Gasteiger partial charge in [-0.15, -0.1) is 0 Å². The average molecular weight is 283 g/mol. The third kappa shape index (κ3) is 5.92. The van der Waals surface area contributed by atoms with Gasteiger partial charge in [-0.3, -0.25) is 4.79 Å². The minimum absolute atomic E-state index is 0.215. The zero-order valence-corrected chi connectivity index (χ0v) is 12.5. The lowest BCUT2D eigenvalue weighted by molar-refractivity contribution is -0.139. The minimum atomic E-state index is -0.215. The monoisotopic (exact) mass is 283 g/mol. The summed E-state index contributed by atoms with van der Waals surface area (Å²) in [5, 5.41) is 3.99. The number of hydrogen-bond acceptors (Lipinski definition) is 6. The molecule has 6 heteroatoms. The van der Waals surface area contributed by atoms with Crippen LogP contribution in [0.3, 0.4) is 0 Å². The highest BCUT2D eigenvalue weighted by atomic mass is 32.2. The number of thioether (sulfide) groups is 1. The Bertz CT molecular complexity index is 389. The fraction of sp³-hybridized carbons (Fsp3) is 0.615. The van der Waals surface area contributed by atoms with Crippen LogP contribution in [0.25, 0.3) is 0 Å². The van der Waals surface area contributed by atoms with Gasteiger partial charge in [0.1, 0.15) is 16.7 Å². The third-order valence-corrected chi connectivity index (χ3v) is 3.11. The van der Waals surface area contributed by atoms with E-state index in [-0.39, 0.29) is 11.7 Å². The topological polar surface area (TPSA) is 64.1 Å². The zero-order valence-electron chi connectivity index (χ0n) is 11.7. The molecular weight excluding hydrogens is 262 g/mol. The molecule has 0 aliphatic rings. The van der Waals surface area contributed by atoms with Crippen LogP contribution in [0.15, 0.2) is 11.1 Å². The number of hydrogen-bond donors (Lipinski definition) is 1. The number of nitrogens with zero attached hydrogens (tertiary/aromatic N) is 2. The first-order valence-corrected chi connectivity index (χ1v) is 7.58. The van der Waals surface area contributed by atoms with E-state index < -0.39 is 0 Å². The van der Waals surface area contributed by atoms with Crippen molar-refractivity contribution >= 4 is 23.5 Å². The van der Waals surface area contributed by atoms with Gasteiger partial charge < -0.3 is 10.1 Å². The molecule has 0 atom stereocenters. The Balaban J connectivity index is 2.72. The SMILES string of the molecule is CCCc1nc(NCC)cc(SCC(=O)OCC)n1. The Hall–Kier alpha value is -1.30. The summed E-state index contributed by atoms with van der Waals surface area (Å²) < 4.78 is 4.90. The van der Waals surface area contributed by atoms with E-state index in [1.54, 1.807) is 6.92 Å². The van der Waals surface area contributed by atoms with Gasteiger partial charge in [0.15, 0.2) is 0 Å². The van der Waals surface area contributed by atoms with Crippen molar-refractivity contribution in [2.24, 2.45) is 0 Å². The standard InChI is InChI=1S/C13H21N3O2S/c1-4-7-10-15-11(14-5-2)8-12(16-10)19-9-13(17)18-6-3/h8H,4-7,9H2,1-3H3,(H,14,15,16). The quantitative estimate of drug-likeness (QED) is 0.449. The fourth-order valence-corrected chi connectivity index (χ4v) is 2.20. The van der Waals surface area contributed by atoms with Crippen molar-refractivity contribution in [2.75, 3.05) is 24.2 Å². The van der Waals surface area contributed by atoms with E-state index in [2.05, 4.69) is 22.2 Å². The second kappa shape index (κ2) is 8.74. The van der Waals surface area contributed by atoms with Crippen LogP contribution in [-0.4, -0.2) is 34.8 Å². The van der Waals surface area contributed by atoms with Crippen LogP contribution in [0.5, 0.6) is 0 Å². The first-order chi connectivity index (χ1) is 9.19. The summed E-state index contributed by atoms with van der Waals surface area (Å²) in [7, 11) is 0. The van der Waals surface area contributed by atoms with Gasteiger partial charge in [-0.25, -0.2) is 9.97 Å². The van der Waals surface area contributed by atoms with Gasteiger partial charge in [0.25, 0.3) is 0 Å². The van der Waals surface area contributed by atoms with Crippen LogP contribution >= 0.6 is 11.8 Å². The number of aromatic nitrogens is 2. The summed E-state index contributed by atoms with van der Waals surface area (Å²) in [6, 6.07) is 1.87. The number of carbonyl (C=O) groups excluding carboxylic acids is 1. The molecule has 0 saturated heterocycles. The lowest BCUT2D eigenvalue weighted by atomic mass is 10.3. The van der Waals surface area contributed by atoms with E-state index in [0.29, 0.717) is 6.61 Å². The maximum Gasteiger partial charge on any atom is 0.316 e. The molecular formula is C13H21N3O2S. The highest BCUT2D eigenvalue weighted by Gasteiger charge is 2.08. The molecule has 0 amide bonds. The highest BCUT2D eigenvalue weighted by Crippen LogP contribution is 2.19. The largest absolute Gasteiger partial charge is 0.465 e. The van der Waals surface area contributed by atoms with Crippen LogP contribution in [0.4, 0.5) is 5.82 Å². The van der Waals surface area contributed by atoms with E-state index in [9.17, 15) is 4.79 Å². The molecule has 1 N–H and O–H groups in total. The van der Waals surface area contributed by atoms with Gasteiger partial charge >= 0.3 is 5.97 Å². The van der Waals surface area contributed by atoms with Crippen LogP contribution in [0.2, 0.25) is 0 Å². The molecule has 0 saturated carbocycles. The van der Waals surface area contributed by atoms with Crippen molar-refractivity contribution in [3.05, 3.63) is 11.9 Å². The summed E-state index contributed by atoms with van der Waals surface area (Å²) in [6.07, 6.45) is 1.84. The molecule has 106 valence electrons. The second-order valence-electron chi connectivity index (χ2n) is 3.88. The molecule has 1 rings (SSSR count). The molecule has 0 spiro atoms. The number of esters is 1. The predicted octanol–water partition coefficient (Wildman–Crippen LogP) is 2.52. The molecule has 0 aliphatic heterocycles. The maximum atomic E-state index is 11.3. The Morgan fingerprint density at radius 3 is 2.79 bits per heavy atom. The first-order valence-electron chi connectivity index (χ1n) is 6.59. The molecule has 5 nitrogen and oxygen atoms in total. The van der Waals surface area contributed by atoms with Crippen molar-refractivity contribution in [3.8, 4) is 0 Å². The van der Waals surface area contributed by atoms with E-state index in [1.807, 2.05) is 13.0 Å². The number of aryl methyl sites for hydroxylation is 1. The molecule has 0 aliphatic carbocycles. The normalized spacial score (nSPS) is 10.3. The summed E-state index contributed by atoms with van der Waals surface area (Å²) >= 11 is 1.38. The molecule has 1 heterocycles. The van der Waals surface area contributed by atoms with Crippen molar-refractivity contribution in [3.63, 3.8) is 0 Å². The van der Waals surface area contributed by atoms with Gasteiger partial charge in [0, 0.05) is 19.0 Å². The second-order valence-corrected chi connectivity index (χ2v) is 4.88.